The maximum atomic E-state index is 14.4. The monoisotopic (exact) mass is 1030 g/mol. The van der Waals surface area contributed by atoms with E-state index in [0.29, 0.717) is 17.6 Å². The highest BCUT2D eigenvalue weighted by molar-refractivity contribution is 6.00. The lowest BCUT2D eigenvalue weighted by Crippen LogP contribution is -2.59. The van der Waals surface area contributed by atoms with E-state index in [-0.39, 0.29) is 43.8 Å². The second kappa shape index (κ2) is 29.6. The lowest BCUT2D eigenvalue weighted by Gasteiger charge is -2.28. The minimum atomic E-state index is -1.92. The first-order chi connectivity index (χ1) is 34.9. The van der Waals surface area contributed by atoms with E-state index in [2.05, 4.69) is 43.5 Å². The number of aliphatic carboxylic acids is 2. The molecular weight excluding hydrogens is 957 g/mol. The van der Waals surface area contributed by atoms with Crippen LogP contribution < -0.4 is 43.4 Å². The van der Waals surface area contributed by atoms with Crippen molar-refractivity contribution in [2.45, 2.75) is 115 Å². The molecule has 0 bridgehead atoms. The maximum Gasteiger partial charge on any atom is 0.327 e. The van der Waals surface area contributed by atoms with Gasteiger partial charge in [-0.15, -0.1) is 0 Å². The van der Waals surface area contributed by atoms with Gasteiger partial charge in [0.05, 0.1) is 24.0 Å². The van der Waals surface area contributed by atoms with E-state index in [9.17, 15) is 53.4 Å². The molecule has 1 aliphatic heterocycles. The van der Waals surface area contributed by atoms with Crippen LogP contribution in [0.5, 0.6) is 0 Å². The minimum absolute atomic E-state index is 0.0161. The van der Waals surface area contributed by atoms with Crippen molar-refractivity contribution in [3.05, 3.63) is 108 Å². The highest BCUT2D eigenvalue weighted by atomic mass is 16.5. The molecule has 0 radical (unpaired) electrons. The summed E-state index contributed by atoms with van der Waals surface area (Å²) in [5.74, 6) is -12.6. The van der Waals surface area contributed by atoms with Gasteiger partial charge in [0.2, 0.25) is 35.4 Å². The van der Waals surface area contributed by atoms with E-state index in [1.54, 1.807) is 50.4 Å². The van der Waals surface area contributed by atoms with E-state index in [0.717, 1.165) is 10.5 Å². The number of aliphatic imine (C=N–C) groups is 1. The predicted octanol–water partition coefficient (Wildman–Crippen LogP) is 0.815. The molecule has 7 amide bonds. The predicted molar refractivity (Wildman–Crippen MR) is 275 cm³/mol. The molecule has 1 heterocycles. The number of carboxylic acid groups (broad SMARTS) is 2. The highest BCUT2D eigenvalue weighted by Crippen LogP contribution is 2.19. The molecule has 1 fully saturated rings. The third kappa shape index (κ3) is 19.3. The first-order valence-corrected chi connectivity index (χ1v) is 24.2. The molecule has 1 saturated heterocycles. The summed E-state index contributed by atoms with van der Waals surface area (Å²) in [6, 6.07) is 9.17. The summed E-state index contributed by atoms with van der Waals surface area (Å²) >= 11 is 0. The van der Waals surface area contributed by atoms with Gasteiger partial charge in [-0.1, -0.05) is 112 Å². The molecule has 0 unspecified atom stereocenters. The van der Waals surface area contributed by atoms with E-state index >= 15 is 0 Å². The van der Waals surface area contributed by atoms with Crippen molar-refractivity contribution in [2.24, 2.45) is 34.2 Å². The van der Waals surface area contributed by atoms with Gasteiger partial charge >= 0.3 is 11.9 Å². The zero-order valence-corrected chi connectivity index (χ0v) is 43.0. The first-order valence-electron chi connectivity index (χ1n) is 24.2. The largest absolute Gasteiger partial charge is 0.480 e. The van der Waals surface area contributed by atoms with Gasteiger partial charge < -0.3 is 63.2 Å². The number of carbonyl (C=O) groups is 9. The standard InChI is InChI=1S/C52H72N10O12/c1-29(26-30(2)41(74-8)28-36-18-13-10-14-19-36)21-22-37-31(3)44(64)59-39(50(70)71)23-24-42(63)62(7)34(6)47(67)56-33(5)46(66)60-40(27-35-16-11-9-12-17-35)49(69)61-43(51(72)73)32(4)45(65)58-38(48(68)57-37)20-15-25-55-52(53)54/h9-14,16-19,21-22,26,30-33,37-41,43H,6,15,20,23-25,27-28H2,1-5,7-8H3,(H,56,67)(H,57,68)(H,58,65)(H,59,64)(H,60,66)(H,61,69)(H,70,71)(H,72,73)(H4,53,54,55)/b22-21+,29-26+/t30-,31-,32-,33+,37-,38-,39+,40-,41-,43+/m0/s1. The van der Waals surface area contributed by atoms with Crippen molar-refractivity contribution >= 4 is 59.2 Å². The van der Waals surface area contributed by atoms with Crippen LogP contribution in [0.1, 0.15) is 71.4 Å². The van der Waals surface area contributed by atoms with Crippen LogP contribution in [0.3, 0.4) is 0 Å². The molecule has 10 atom stereocenters. The van der Waals surface area contributed by atoms with Gasteiger partial charge in [-0.05, 0) is 50.7 Å². The van der Waals surface area contributed by atoms with Gasteiger partial charge in [0.1, 0.15) is 35.9 Å². The third-order valence-corrected chi connectivity index (χ3v) is 12.5. The zero-order valence-electron chi connectivity index (χ0n) is 43.0. The van der Waals surface area contributed by atoms with Crippen molar-refractivity contribution in [3.63, 3.8) is 0 Å². The van der Waals surface area contributed by atoms with Crippen molar-refractivity contribution < 1.29 is 58.1 Å². The topological polar surface area (TPSA) is 343 Å². The average molecular weight is 1030 g/mol. The zero-order chi connectivity index (χ0) is 55.2. The quantitative estimate of drug-likeness (QED) is 0.0388. The summed E-state index contributed by atoms with van der Waals surface area (Å²) in [5.41, 5.74) is 12.9. The second-order valence-electron chi connectivity index (χ2n) is 18.3. The summed E-state index contributed by atoms with van der Waals surface area (Å²) in [4.78, 5) is 127. The van der Waals surface area contributed by atoms with E-state index in [1.807, 2.05) is 43.3 Å². The normalized spacial score (nSPS) is 24.6. The van der Waals surface area contributed by atoms with Gasteiger partial charge in [0.15, 0.2) is 5.96 Å². The number of nitrogens with one attached hydrogen (secondary N) is 6. The number of nitrogens with two attached hydrogens (primary N) is 2. The molecule has 0 aromatic heterocycles. The number of hydrogen-bond donors (Lipinski definition) is 10. The lowest BCUT2D eigenvalue weighted by molar-refractivity contribution is -0.146. The summed E-state index contributed by atoms with van der Waals surface area (Å²) in [7, 11) is 2.82. The number of benzene rings is 2. The molecule has 1 aliphatic rings. The van der Waals surface area contributed by atoms with E-state index < -0.39 is 120 Å². The van der Waals surface area contributed by atoms with Crippen molar-refractivity contribution in [1.82, 2.24) is 36.8 Å². The van der Waals surface area contributed by atoms with Gasteiger partial charge in [-0.25, -0.2) is 9.59 Å². The summed E-state index contributed by atoms with van der Waals surface area (Å²) in [6.45, 7) is 11.4. The Morgan fingerprint density at radius 3 is 1.96 bits per heavy atom. The number of carbonyl (C=O) groups excluding carboxylic acids is 7. The molecule has 22 heteroatoms. The third-order valence-electron chi connectivity index (χ3n) is 12.5. The van der Waals surface area contributed by atoms with Crippen LogP contribution in [0, 0.1) is 17.8 Å². The minimum Gasteiger partial charge on any atom is -0.480 e. The number of guanidine groups is 1. The fraction of sp³-hybridized carbons (Fsp3) is 0.462. The molecule has 0 saturated carbocycles. The van der Waals surface area contributed by atoms with Gasteiger partial charge in [-0.3, -0.25) is 38.6 Å². The maximum absolute atomic E-state index is 14.4. The Bertz CT molecular complexity index is 2410. The van der Waals surface area contributed by atoms with Crippen LogP contribution in [0.15, 0.2) is 102 Å². The number of amides is 7. The number of rotatable bonds is 15. The van der Waals surface area contributed by atoms with Crippen LogP contribution >= 0.6 is 0 Å². The van der Waals surface area contributed by atoms with Gasteiger partial charge in [-0.2, -0.15) is 0 Å². The Morgan fingerprint density at radius 2 is 1.38 bits per heavy atom. The number of carboxylic acids is 2. The highest BCUT2D eigenvalue weighted by Gasteiger charge is 2.37. The number of methoxy groups -OCH3 is 1. The van der Waals surface area contributed by atoms with E-state index in [1.165, 1.54) is 33.9 Å². The fourth-order valence-electron chi connectivity index (χ4n) is 7.81. The Kier molecular flexibility index (Phi) is 24.2. The molecule has 2 aromatic carbocycles. The Morgan fingerprint density at radius 1 is 0.797 bits per heavy atom. The lowest BCUT2D eigenvalue weighted by atomic mass is 9.94. The summed E-state index contributed by atoms with van der Waals surface area (Å²) in [5, 5.41) is 35.7. The van der Waals surface area contributed by atoms with Crippen molar-refractivity contribution in [3.8, 4) is 0 Å². The number of nitrogens with zero attached hydrogens (tertiary/aromatic N) is 2. The average Bonchev–Trinajstić information content (AvgIpc) is 3.36. The van der Waals surface area contributed by atoms with E-state index in [4.69, 9.17) is 16.2 Å². The summed E-state index contributed by atoms with van der Waals surface area (Å²) < 4.78 is 5.82. The van der Waals surface area contributed by atoms with Crippen molar-refractivity contribution in [1.29, 1.82) is 0 Å². The first kappa shape index (κ1) is 60.4. The molecule has 2 aromatic rings. The number of likely N-dealkylation sites (N-methyl/N-ethyl adjacent to an activating group) is 1. The number of hydrogen-bond acceptors (Lipinski definition) is 11. The number of ether oxygens (including phenoxy) is 1. The Hall–Kier alpha value is -7.88. The smallest absolute Gasteiger partial charge is 0.327 e. The SMILES string of the molecule is C=C1C(=O)N[C@H](C)C(=O)N[C@@H](Cc2ccccc2)C(=O)N[C@@H](C(=O)O)[C@H](C)C(=O)N[C@@H](CCCN=C(N)N)C(=O)N[C@@H](/C=C/C(C)=C/[C@H](C)[C@H](Cc2ccccc2)OC)[C@H](C)C(=O)N[C@@H](C(=O)O)CCC(=O)N1C. The fourth-order valence-corrected chi connectivity index (χ4v) is 7.81. The van der Waals surface area contributed by atoms with Crippen LogP contribution in [-0.2, 0) is 60.7 Å². The van der Waals surface area contributed by atoms with Crippen molar-refractivity contribution in [2.75, 3.05) is 20.7 Å². The molecular formula is C52H72N10O12. The van der Waals surface area contributed by atoms with Crippen LogP contribution in [0.4, 0.5) is 0 Å². The molecule has 74 heavy (non-hydrogen) atoms. The molecule has 402 valence electrons. The molecule has 0 aliphatic carbocycles. The molecule has 0 spiro atoms. The van der Waals surface area contributed by atoms with Crippen LogP contribution in [-0.4, -0.2) is 137 Å². The Balaban J connectivity index is 2.14. The Labute approximate surface area is 431 Å². The molecule has 12 N–H and O–H groups in total. The van der Waals surface area contributed by atoms with Crippen LogP contribution in [0.25, 0.3) is 0 Å². The summed E-state index contributed by atoms with van der Waals surface area (Å²) in [6.07, 6.45) is 4.42. The molecule has 3 rings (SSSR count). The second-order valence-corrected chi connectivity index (χ2v) is 18.3. The van der Waals surface area contributed by atoms with Gasteiger partial charge in [0, 0.05) is 39.5 Å². The molecule has 22 nitrogen and oxygen atoms in total. The van der Waals surface area contributed by atoms with Gasteiger partial charge in [0.25, 0.3) is 5.91 Å². The number of allylic oxidation sites excluding steroid dienone is 2. The van der Waals surface area contributed by atoms with Crippen LogP contribution in [0.2, 0.25) is 0 Å².